The monoisotopic (exact) mass is 303 g/mol. The molecule has 4 heteroatoms. The van der Waals surface area contributed by atoms with E-state index in [1.54, 1.807) is 6.20 Å². The molecule has 0 spiro atoms. The summed E-state index contributed by atoms with van der Waals surface area (Å²) in [6.45, 7) is 17.4. The zero-order valence-electron chi connectivity index (χ0n) is 14.9. The van der Waals surface area contributed by atoms with E-state index < -0.39 is 5.54 Å². The Labute approximate surface area is 134 Å². The second kappa shape index (κ2) is 9.03. The number of aromatic nitrogens is 1. The van der Waals surface area contributed by atoms with Crippen LogP contribution in [0, 0.1) is 0 Å². The van der Waals surface area contributed by atoms with E-state index in [1.165, 1.54) is 0 Å². The van der Waals surface area contributed by atoms with Crippen LogP contribution >= 0.6 is 0 Å². The van der Waals surface area contributed by atoms with Crippen LogP contribution in [0.15, 0.2) is 30.5 Å². The molecule has 0 saturated heterocycles. The zero-order valence-corrected chi connectivity index (χ0v) is 14.9. The Bertz CT molecular complexity index is 545. The lowest BCUT2D eigenvalue weighted by Crippen LogP contribution is -2.47. The molecule has 2 N–H and O–H groups in total. The molecule has 0 aromatic carbocycles. The fourth-order valence-electron chi connectivity index (χ4n) is 1.66. The Kier molecular flexibility index (Phi) is 8.17. The number of hydrogen-bond acceptors (Lipinski definition) is 3. The van der Waals surface area contributed by atoms with Crippen LogP contribution in [0.25, 0.3) is 6.08 Å². The van der Waals surface area contributed by atoms with Gasteiger partial charge in [-0.25, -0.2) is 4.98 Å². The number of nitrogens with zero attached hydrogens (tertiary/aromatic N) is 1. The van der Waals surface area contributed by atoms with Gasteiger partial charge < -0.3 is 10.6 Å². The van der Waals surface area contributed by atoms with Gasteiger partial charge in [0.25, 0.3) is 5.91 Å². The number of nitrogens with one attached hydrogen (secondary N) is 2. The SMILES string of the molecule is C=C(C)/C=C/c1cnc2c(c1)NC(C)(C)C(=O)N2.CC.CC. The molecule has 0 saturated carbocycles. The largest absolute Gasteiger partial charge is 0.369 e. The molecule has 1 aromatic rings. The first-order chi connectivity index (χ1) is 10.4. The summed E-state index contributed by atoms with van der Waals surface area (Å²) < 4.78 is 0. The van der Waals surface area contributed by atoms with Gasteiger partial charge in [0.2, 0.25) is 0 Å². The van der Waals surface area contributed by atoms with E-state index >= 15 is 0 Å². The molecule has 1 aliphatic rings. The molecule has 0 atom stereocenters. The third-order valence-electron chi connectivity index (χ3n) is 2.72. The van der Waals surface area contributed by atoms with E-state index in [0.717, 1.165) is 16.8 Å². The third-order valence-corrected chi connectivity index (χ3v) is 2.72. The lowest BCUT2D eigenvalue weighted by Gasteiger charge is -2.32. The van der Waals surface area contributed by atoms with Crippen molar-refractivity contribution in [1.82, 2.24) is 4.98 Å². The highest BCUT2D eigenvalue weighted by Crippen LogP contribution is 2.29. The first-order valence-corrected chi connectivity index (χ1v) is 7.82. The summed E-state index contributed by atoms with van der Waals surface area (Å²) in [5.41, 5.74) is 2.17. The van der Waals surface area contributed by atoms with Gasteiger partial charge in [0.15, 0.2) is 5.82 Å². The first-order valence-electron chi connectivity index (χ1n) is 7.82. The van der Waals surface area contributed by atoms with Crippen LogP contribution in [0.2, 0.25) is 0 Å². The van der Waals surface area contributed by atoms with Gasteiger partial charge in [-0.05, 0) is 32.4 Å². The Morgan fingerprint density at radius 2 is 1.86 bits per heavy atom. The maximum absolute atomic E-state index is 11.7. The highest BCUT2D eigenvalue weighted by Gasteiger charge is 2.33. The molecule has 122 valence electrons. The van der Waals surface area contributed by atoms with Crippen molar-refractivity contribution in [3.05, 3.63) is 36.1 Å². The summed E-state index contributed by atoms with van der Waals surface area (Å²) in [5.74, 6) is 0.500. The van der Waals surface area contributed by atoms with E-state index in [1.807, 2.05) is 66.7 Å². The van der Waals surface area contributed by atoms with Crippen molar-refractivity contribution < 1.29 is 4.79 Å². The van der Waals surface area contributed by atoms with E-state index in [9.17, 15) is 4.79 Å². The predicted octanol–water partition coefficient (Wildman–Crippen LogP) is 4.87. The lowest BCUT2D eigenvalue weighted by molar-refractivity contribution is -0.119. The fraction of sp³-hybridized carbons (Fsp3) is 0.444. The van der Waals surface area contributed by atoms with E-state index in [4.69, 9.17) is 0 Å². The van der Waals surface area contributed by atoms with Gasteiger partial charge in [-0.3, -0.25) is 4.79 Å². The average Bonchev–Trinajstić information content (AvgIpc) is 2.50. The molecular weight excluding hydrogens is 274 g/mol. The molecule has 1 amide bonds. The van der Waals surface area contributed by atoms with Crippen LogP contribution in [-0.4, -0.2) is 16.4 Å². The van der Waals surface area contributed by atoms with E-state index in [-0.39, 0.29) is 5.91 Å². The van der Waals surface area contributed by atoms with Crippen LogP contribution in [0.5, 0.6) is 0 Å². The predicted molar refractivity (Wildman–Crippen MR) is 97.1 cm³/mol. The van der Waals surface area contributed by atoms with Crippen molar-refractivity contribution in [2.24, 2.45) is 0 Å². The van der Waals surface area contributed by atoms with Gasteiger partial charge in [0.1, 0.15) is 5.54 Å². The summed E-state index contributed by atoms with van der Waals surface area (Å²) in [5, 5.41) is 5.97. The summed E-state index contributed by atoms with van der Waals surface area (Å²) in [7, 11) is 0. The van der Waals surface area contributed by atoms with Gasteiger partial charge in [0.05, 0.1) is 5.69 Å². The highest BCUT2D eigenvalue weighted by atomic mass is 16.2. The topological polar surface area (TPSA) is 54.0 Å². The summed E-state index contributed by atoms with van der Waals surface area (Å²) in [6, 6.07) is 1.96. The summed E-state index contributed by atoms with van der Waals surface area (Å²) in [4.78, 5) is 16.0. The molecule has 1 aromatic heterocycles. The van der Waals surface area contributed by atoms with Crippen molar-refractivity contribution in [3.63, 3.8) is 0 Å². The summed E-state index contributed by atoms with van der Waals surface area (Å²) in [6.07, 6.45) is 5.59. The molecule has 2 rings (SSSR count). The van der Waals surface area contributed by atoms with Gasteiger partial charge >= 0.3 is 0 Å². The molecule has 0 radical (unpaired) electrons. The Balaban J connectivity index is 0.00000102. The highest BCUT2D eigenvalue weighted by molar-refractivity contribution is 6.04. The van der Waals surface area contributed by atoms with E-state index in [2.05, 4.69) is 22.2 Å². The van der Waals surface area contributed by atoms with Crippen LogP contribution in [0.4, 0.5) is 11.5 Å². The van der Waals surface area contributed by atoms with Crippen LogP contribution in [0.3, 0.4) is 0 Å². The van der Waals surface area contributed by atoms with Crippen LogP contribution in [0.1, 0.15) is 54.0 Å². The van der Waals surface area contributed by atoms with Crippen molar-refractivity contribution in [2.75, 3.05) is 10.6 Å². The van der Waals surface area contributed by atoms with Crippen LogP contribution < -0.4 is 10.6 Å². The van der Waals surface area contributed by atoms with Crippen LogP contribution in [-0.2, 0) is 4.79 Å². The summed E-state index contributed by atoms with van der Waals surface area (Å²) >= 11 is 0. The Hall–Kier alpha value is -2.10. The minimum atomic E-state index is -0.620. The maximum atomic E-state index is 11.7. The van der Waals surface area contributed by atoms with Crippen molar-refractivity contribution in [3.8, 4) is 0 Å². The number of amides is 1. The van der Waals surface area contributed by atoms with E-state index in [0.29, 0.717) is 5.82 Å². The van der Waals surface area contributed by atoms with Crippen molar-refractivity contribution >= 4 is 23.5 Å². The quantitative estimate of drug-likeness (QED) is 0.767. The van der Waals surface area contributed by atoms with Gasteiger partial charge in [-0.15, -0.1) is 0 Å². The minimum Gasteiger partial charge on any atom is -0.369 e. The second-order valence-corrected chi connectivity index (χ2v) is 5.05. The molecule has 22 heavy (non-hydrogen) atoms. The third kappa shape index (κ3) is 5.35. The normalized spacial score (nSPS) is 14.4. The Morgan fingerprint density at radius 1 is 1.27 bits per heavy atom. The standard InChI is InChI=1S/C14H17N3O.2C2H6/c1-9(2)5-6-10-7-11-12(15-8-10)16-13(18)14(3,4)17-11;2*1-2/h5-8,17H,1H2,2-4H3,(H,15,16,18);2*1-2H3/b6-5+;;. The maximum Gasteiger partial charge on any atom is 0.250 e. The number of anilines is 2. The first kappa shape index (κ1) is 19.9. The number of carbonyl (C=O) groups excluding carboxylic acids is 1. The Morgan fingerprint density at radius 3 is 2.41 bits per heavy atom. The molecule has 0 bridgehead atoms. The lowest BCUT2D eigenvalue weighted by atomic mass is 10.0. The minimum absolute atomic E-state index is 0.0762. The zero-order chi connectivity index (χ0) is 17.3. The number of rotatable bonds is 2. The molecular formula is C18H29N3O. The molecule has 0 aliphatic carbocycles. The second-order valence-electron chi connectivity index (χ2n) is 5.05. The van der Waals surface area contributed by atoms with Crippen molar-refractivity contribution in [2.45, 2.75) is 54.0 Å². The fourth-order valence-corrected chi connectivity index (χ4v) is 1.66. The number of pyridine rings is 1. The molecule has 0 fully saturated rings. The van der Waals surface area contributed by atoms with Crippen molar-refractivity contribution in [1.29, 1.82) is 0 Å². The number of carbonyl (C=O) groups is 1. The van der Waals surface area contributed by atoms with Gasteiger partial charge in [-0.1, -0.05) is 52.0 Å². The number of allylic oxidation sites excluding steroid dienone is 2. The molecule has 0 unspecified atom stereocenters. The number of fused-ring (bicyclic) bond motifs is 1. The molecule has 1 aliphatic heterocycles. The smallest absolute Gasteiger partial charge is 0.250 e. The molecule has 4 nitrogen and oxygen atoms in total. The van der Waals surface area contributed by atoms with Gasteiger partial charge in [-0.2, -0.15) is 0 Å². The average molecular weight is 303 g/mol. The van der Waals surface area contributed by atoms with Gasteiger partial charge in [0, 0.05) is 6.20 Å². The number of hydrogen-bond donors (Lipinski definition) is 2. The molecule has 2 heterocycles.